The van der Waals surface area contributed by atoms with Gasteiger partial charge in [-0.1, -0.05) is 20.8 Å². The zero-order chi connectivity index (χ0) is 13.1. The Morgan fingerprint density at radius 3 is 2.53 bits per heavy atom. The van der Waals surface area contributed by atoms with Gasteiger partial charge in [-0.15, -0.1) is 0 Å². The molecule has 5 heteroatoms. The number of primary amides is 1. The quantitative estimate of drug-likeness (QED) is 0.716. The van der Waals surface area contributed by atoms with Crippen molar-refractivity contribution in [2.75, 3.05) is 19.6 Å². The molecule has 0 bridgehead atoms. The van der Waals surface area contributed by atoms with Crippen molar-refractivity contribution in [3.05, 3.63) is 0 Å². The summed E-state index contributed by atoms with van der Waals surface area (Å²) in [5, 5.41) is 3.20. The number of nitrogens with two attached hydrogens (primary N) is 1. The van der Waals surface area contributed by atoms with E-state index in [0.717, 1.165) is 25.9 Å². The van der Waals surface area contributed by atoms with Crippen LogP contribution in [-0.2, 0) is 9.59 Å². The average molecular weight is 241 g/mol. The van der Waals surface area contributed by atoms with Gasteiger partial charge in [-0.3, -0.25) is 9.59 Å². The fourth-order valence-electron chi connectivity index (χ4n) is 1.98. The monoisotopic (exact) mass is 241 g/mol. The molecule has 1 atom stereocenters. The molecule has 1 aliphatic rings. The van der Waals surface area contributed by atoms with Gasteiger partial charge in [0.2, 0.25) is 11.8 Å². The number of nitrogens with one attached hydrogen (secondary N) is 1. The maximum absolute atomic E-state index is 12.4. The van der Waals surface area contributed by atoms with Gasteiger partial charge in [0.15, 0.2) is 0 Å². The predicted octanol–water partition coefficient (Wildman–Crippen LogP) is 0.0984. The third-order valence-corrected chi connectivity index (χ3v) is 3.52. The van der Waals surface area contributed by atoms with Crippen LogP contribution in [0.3, 0.4) is 0 Å². The number of carbonyl (C=O) groups excluding carboxylic acids is 2. The minimum absolute atomic E-state index is 0.0208. The van der Waals surface area contributed by atoms with Gasteiger partial charge in [0, 0.05) is 18.0 Å². The first kappa shape index (κ1) is 14.0. The Bertz CT molecular complexity index is 296. The van der Waals surface area contributed by atoms with E-state index in [-0.39, 0.29) is 18.5 Å². The molecule has 1 unspecified atom stereocenters. The van der Waals surface area contributed by atoms with Crippen molar-refractivity contribution in [3.8, 4) is 0 Å². The molecule has 0 aromatic heterocycles. The van der Waals surface area contributed by atoms with Gasteiger partial charge in [0.05, 0.1) is 6.54 Å². The summed E-state index contributed by atoms with van der Waals surface area (Å²) in [5.41, 5.74) is 4.80. The molecule has 2 amide bonds. The largest absolute Gasteiger partial charge is 0.368 e. The summed E-state index contributed by atoms with van der Waals surface area (Å²) < 4.78 is 0. The molecular formula is C12H23N3O2. The van der Waals surface area contributed by atoms with E-state index in [4.69, 9.17) is 5.73 Å². The lowest BCUT2D eigenvalue weighted by atomic mass is 9.88. The topological polar surface area (TPSA) is 75.4 Å². The summed E-state index contributed by atoms with van der Waals surface area (Å²) in [7, 11) is 0. The zero-order valence-electron chi connectivity index (χ0n) is 11.0. The summed E-state index contributed by atoms with van der Waals surface area (Å²) >= 11 is 0. The zero-order valence-corrected chi connectivity index (χ0v) is 11.0. The molecule has 0 aromatic carbocycles. The van der Waals surface area contributed by atoms with Crippen LogP contribution >= 0.6 is 0 Å². The van der Waals surface area contributed by atoms with Gasteiger partial charge < -0.3 is 16.0 Å². The molecule has 0 spiro atoms. The fraction of sp³-hybridized carbons (Fsp3) is 0.833. The van der Waals surface area contributed by atoms with E-state index >= 15 is 0 Å². The second-order valence-corrected chi connectivity index (χ2v) is 5.28. The van der Waals surface area contributed by atoms with Crippen LogP contribution in [0, 0.1) is 5.41 Å². The van der Waals surface area contributed by atoms with E-state index in [1.165, 1.54) is 0 Å². The highest BCUT2D eigenvalue weighted by molar-refractivity contribution is 5.87. The van der Waals surface area contributed by atoms with Crippen LogP contribution in [0.2, 0.25) is 0 Å². The van der Waals surface area contributed by atoms with E-state index in [1.807, 2.05) is 20.8 Å². The molecule has 0 saturated carbocycles. The average Bonchev–Trinajstić information content (AvgIpc) is 2.77. The van der Waals surface area contributed by atoms with Crippen LogP contribution in [-0.4, -0.2) is 42.4 Å². The van der Waals surface area contributed by atoms with E-state index in [2.05, 4.69) is 5.32 Å². The smallest absolute Gasteiger partial charge is 0.237 e. The SMILES string of the molecule is CCC(C)(C)C(=O)N(CC(N)=O)C1CCNC1. The molecule has 1 heterocycles. The highest BCUT2D eigenvalue weighted by Gasteiger charge is 2.35. The van der Waals surface area contributed by atoms with Crippen LogP contribution in [0.4, 0.5) is 0 Å². The van der Waals surface area contributed by atoms with E-state index in [0.29, 0.717) is 0 Å². The normalized spacial score (nSPS) is 20.3. The Kier molecular flexibility index (Phi) is 4.51. The Labute approximate surface area is 103 Å². The number of hydrogen-bond donors (Lipinski definition) is 2. The van der Waals surface area contributed by atoms with Crippen molar-refractivity contribution < 1.29 is 9.59 Å². The lowest BCUT2D eigenvalue weighted by molar-refractivity contribution is -0.145. The van der Waals surface area contributed by atoms with Gasteiger partial charge in [0.25, 0.3) is 0 Å². The van der Waals surface area contributed by atoms with Gasteiger partial charge in [-0.25, -0.2) is 0 Å². The van der Waals surface area contributed by atoms with Crippen LogP contribution < -0.4 is 11.1 Å². The molecule has 0 aliphatic carbocycles. The van der Waals surface area contributed by atoms with Crippen molar-refractivity contribution in [1.82, 2.24) is 10.2 Å². The third-order valence-electron chi connectivity index (χ3n) is 3.52. The minimum Gasteiger partial charge on any atom is -0.368 e. The van der Waals surface area contributed by atoms with Crippen LogP contribution in [0.25, 0.3) is 0 Å². The second kappa shape index (κ2) is 5.49. The summed E-state index contributed by atoms with van der Waals surface area (Å²) in [4.78, 5) is 25.1. The van der Waals surface area contributed by atoms with Gasteiger partial charge >= 0.3 is 0 Å². The third kappa shape index (κ3) is 3.43. The molecule has 0 radical (unpaired) electrons. The molecule has 17 heavy (non-hydrogen) atoms. The highest BCUT2D eigenvalue weighted by atomic mass is 16.2. The Morgan fingerprint density at radius 1 is 1.47 bits per heavy atom. The predicted molar refractivity (Wildman–Crippen MR) is 66.3 cm³/mol. The maximum atomic E-state index is 12.4. The Hall–Kier alpha value is -1.10. The number of hydrogen-bond acceptors (Lipinski definition) is 3. The van der Waals surface area contributed by atoms with Crippen molar-refractivity contribution in [2.24, 2.45) is 11.1 Å². The number of carbonyl (C=O) groups is 2. The Morgan fingerprint density at radius 2 is 2.12 bits per heavy atom. The van der Waals surface area contributed by atoms with E-state index in [9.17, 15) is 9.59 Å². The van der Waals surface area contributed by atoms with Gasteiger partial charge in [0.1, 0.15) is 0 Å². The van der Waals surface area contributed by atoms with Crippen molar-refractivity contribution in [3.63, 3.8) is 0 Å². The summed E-state index contributed by atoms with van der Waals surface area (Å²) in [6, 6.07) is 0.0980. The van der Waals surface area contributed by atoms with E-state index < -0.39 is 11.3 Å². The van der Waals surface area contributed by atoms with Crippen LogP contribution in [0.1, 0.15) is 33.6 Å². The molecule has 1 rings (SSSR count). The summed E-state index contributed by atoms with van der Waals surface area (Å²) in [6.07, 6.45) is 1.64. The molecule has 3 N–H and O–H groups in total. The summed E-state index contributed by atoms with van der Waals surface area (Å²) in [5.74, 6) is -0.426. The minimum atomic E-state index is -0.447. The van der Waals surface area contributed by atoms with Crippen molar-refractivity contribution in [1.29, 1.82) is 0 Å². The van der Waals surface area contributed by atoms with Crippen molar-refractivity contribution in [2.45, 2.75) is 39.7 Å². The first-order chi connectivity index (χ1) is 7.88. The molecule has 1 fully saturated rings. The standard InChI is InChI=1S/C12H23N3O2/c1-4-12(2,3)11(17)15(8-10(13)16)9-5-6-14-7-9/h9,14H,4-8H2,1-3H3,(H2,13,16). The molecule has 1 aliphatic heterocycles. The summed E-state index contributed by atoms with van der Waals surface area (Å²) in [6.45, 7) is 7.46. The van der Waals surface area contributed by atoms with Crippen molar-refractivity contribution >= 4 is 11.8 Å². The second-order valence-electron chi connectivity index (χ2n) is 5.28. The van der Waals surface area contributed by atoms with Crippen LogP contribution in [0.15, 0.2) is 0 Å². The lowest BCUT2D eigenvalue weighted by Crippen LogP contribution is -2.50. The first-order valence-corrected chi connectivity index (χ1v) is 6.18. The molecule has 0 aromatic rings. The molecular weight excluding hydrogens is 218 g/mol. The Balaban J connectivity index is 2.81. The van der Waals surface area contributed by atoms with Gasteiger partial charge in [-0.2, -0.15) is 0 Å². The highest BCUT2D eigenvalue weighted by Crippen LogP contribution is 2.25. The van der Waals surface area contributed by atoms with Gasteiger partial charge in [-0.05, 0) is 19.4 Å². The fourth-order valence-corrected chi connectivity index (χ4v) is 1.98. The first-order valence-electron chi connectivity index (χ1n) is 6.18. The van der Waals surface area contributed by atoms with E-state index in [1.54, 1.807) is 4.90 Å². The number of nitrogens with zero attached hydrogens (tertiary/aromatic N) is 1. The van der Waals surface area contributed by atoms with Crippen LogP contribution in [0.5, 0.6) is 0 Å². The molecule has 98 valence electrons. The maximum Gasteiger partial charge on any atom is 0.237 e. The number of amides is 2. The number of rotatable bonds is 5. The molecule has 1 saturated heterocycles. The molecule has 5 nitrogen and oxygen atoms in total. The lowest BCUT2D eigenvalue weighted by Gasteiger charge is -2.34.